The van der Waals surface area contributed by atoms with E-state index in [4.69, 9.17) is 4.98 Å². The largest absolute Gasteiger partial charge is 0.328 e. The molecule has 1 unspecified atom stereocenters. The summed E-state index contributed by atoms with van der Waals surface area (Å²) < 4.78 is 4.11. The Morgan fingerprint density at radius 3 is 2.50 bits per heavy atom. The number of unbranched alkanes of at least 4 members (excludes halogenated alkanes) is 1. The van der Waals surface area contributed by atoms with Crippen LogP contribution in [0.15, 0.2) is 53.6 Å². The second-order valence-electron chi connectivity index (χ2n) is 11.4. The van der Waals surface area contributed by atoms with Gasteiger partial charge >= 0.3 is 5.69 Å². The van der Waals surface area contributed by atoms with Gasteiger partial charge < -0.3 is 0 Å². The van der Waals surface area contributed by atoms with Crippen LogP contribution in [0.4, 0.5) is 0 Å². The summed E-state index contributed by atoms with van der Waals surface area (Å²) in [6.07, 6.45) is 16.7. The van der Waals surface area contributed by atoms with Gasteiger partial charge in [0.2, 0.25) is 5.82 Å². The van der Waals surface area contributed by atoms with Gasteiger partial charge in [0, 0.05) is 35.3 Å². The molecule has 4 aromatic rings. The van der Waals surface area contributed by atoms with Crippen molar-refractivity contribution in [3.05, 3.63) is 70.7 Å². The molecule has 1 fully saturated rings. The lowest BCUT2D eigenvalue weighted by Crippen LogP contribution is -2.38. The number of hydrogen-bond acceptors (Lipinski definition) is 5. The zero-order valence-electron chi connectivity index (χ0n) is 24.3. The van der Waals surface area contributed by atoms with E-state index in [2.05, 4.69) is 58.2 Å². The molecule has 1 N–H and O–H groups in total. The number of hydrogen-bond donors (Lipinski definition) is 1. The molecule has 0 amide bonds. The molecule has 1 saturated carbocycles. The second-order valence-corrected chi connectivity index (χ2v) is 11.4. The number of tetrazole rings is 1. The molecule has 1 atom stereocenters. The van der Waals surface area contributed by atoms with Crippen LogP contribution in [0.2, 0.25) is 0 Å². The summed E-state index contributed by atoms with van der Waals surface area (Å²) in [6.45, 7) is 7.33. The van der Waals surface area contributed by atoms with Gasteiger partial charge in [0.05, 0.1) is 12.2 Å². The van der Waals surface area contributed by atoms with Crippen LogP contribution in [0, 0.1) is 5.41 Å². The number of aryl methyl sites for hydroxylation is 1. The van der Waals surface area contributed by atoms with Crippen LogP contribution >= 0.6 is 0 Å². The highest BCUT2D eigenvalue weighted by molar-refractivity contribution is 5.79. The molecule has 3 aromatic heterocycles. The van der Waals surface area contributed by atoms with Gasteiger partial charge in [0.15, 0.2) is 0 Å². The van der Waals surface area contributed by atoms with Crippen molar-refractivity contribution in [2.24, 2.45) is 5.41 Å². The molecule has 40 heavy (non-hydrogen) atoms. The summed E-state index contributed by atoms with van der Waals surface area (Å²) in [5.41, 5.74) is 5.19. The Bertz CT molecular complexity index is 1410. The van der Waals surface area contributed by atoms with Gasteiger partial charge in [0.1, 0.15) is 0 Å². The quantitative estimate of drug-likeness (QED) is 0.234. The fraction of sp³-hybridized carbons (Fsp3) is 0.531. The number of nitrogens with zero attached hydrogens (tertiary/aromatic N) is 6. The Kier molecular flexibility index (Phi) is 8.92. The maximum atomic E-state index is 14.1. The number of H-pyrrole nitrogens is 1. The minimum atomic E-state index is 0.122. The van der Waals surface area contributed by atoms with Crippen molar-refractivity contribution in [1.82, 2.24) is 34.7 Å². The van der Waals surface area contributed by atoms with Gasteiger partial charge in [-0.25, -0.2) is 4.79 Å². The number of rotatable bonds is 10. The van der Waals surface area contributed by atoms with Crippen molar-refractivity contribution in [3.8, 4) is 22.5 Å². The van der Waals surface area contributed by atoms with Crippen LogP contribution in [-0.2, 0) is 13.0 Å². The highest BCUT2D eigenvalue weighted by atomic mass is 16.1. The van der Waals surface area contributed by atoms with E-state index in [1.165, 1.54) is 32.1 Å². The zero-order chi connectivity index (χ0) is 28.0. The maximum absolute atomic E-state index is 14.1. The third kappa shape index (κ3) is 5.67. The van der Waals surface area contributed by atoms with E-state index in [0.717, 1.165) is 66.6 Å². The monoisotopic (exact) mass is 541 g/mol. The van der Waals surface area contributed by atoms with Crippen LogP contribution in [0.5, 0.6) is 0 Å². The Morgan fingerprint density at radius 2 is 1.80 bits per heavy atom. The van der Waals surface area contributed by atoms with Gasteiger partial charge in [-0.15, -0.1) is 10.2 Å². The first-order valence-corrected chi connectivity index (χ1v) is 15.2. The van der Waals surface area contributed by atoms with E-state index in [1.54, 1.807) is 0 Å². The van der Waals surface area contributed by atoms with Gasteiger partial charge in [0.25, 0.3) is 0 Å². The number of pyridine rings is 1. The molecule has 1 aliphatic carbocycles. The first kappa shape index (κ1) is 28.0. The minimum absolute atomic E-state index is 0.122. The molecule has 0 aliphatic heterocycles. The normalized spacial score (nSPS) is 17.4. The summed E-state index contributed by atoms with van der Waals surface area (Å²) >= 11 is 0. The van der Waals surface area contributed by atoms with Crippen molar-refractivity contribution >= 4 is 0 Å². The average molecular weight is 542 g/mol. The molecule has 0 bridgehead atoms. The van der Waals surface area contributed by atoms with E-state index >= 15 is 0 Å². The van der Waals surface area contributed by atoms with Crippen LogP contribution in [0.25, 0.3) is 22.5 Å². The predicted molar refractivity (Wildman–Crippen MR) is 159 cm³/mol. The molecule has 1 aliphatic rings. The first-order chi connectivity index (χ1) is 19.6. The maximum Gasteiger partial charge on any atom is 0.328 e. The van der Waals surface area contributed by atoms with E-state index in [1.807, 2.05) is 41.1 Å². The third-order valence-corrected chi connectivity index (χ3v) is 9.20. The van der Waals surface area contributed by atoms with Crippen LogP contribution in [0.1, 0.15) is 102 Å². The fourth-order valence-electron chi connectivity index (χ4n) is 6.69. The first-order valence-electron chi connectivity index (χ1n) is 15.2. The van der Waals surface area contributed by atoms with Crippen molar-refractivity contribution in [3.63, 3.8) is 0 Å². The van der Waals surface area contributed by atoms with Gasteiger partial charge in [-0.3, -0.25) is 14.1 Å². The molecule has 0 radical (unpaired) electrons. The Labute approximate surface area is 237 Å². The van der Waals surface area contributed by atoms with Crippen LogP contribution in [0.3, 0.4) is 0 Å². The predicted octanol–water partition coefficient (Wildman–Crippen LogP) is 6.98. The molecule has 1 aromatic carbocycles. The molecule has 0 saturated heterocycles. The van der Waals surface area contributed by atoms with Gasteiger partial charge in [-0.2, -0.15) is 5.21 Å². The number of benzene rings is 1. The highest BCUT2D eigenvalue weighted by Gasteiger charge is 2.38. The van der Waals surface area contributed by atoms with E-state index < -0.39 is 0 Å². The lowest BCUT2D eigenvalue weighted by atomic mass is 9.69. The molecule has 0 spiro atoms. The molecular formula is C32H43N7O. The van der Waals surface area contributed by atoms with Crippen LogP contribution in [-0.4, -0.2) is 34.7 Å². The SMILES string of the molecule is CCCCc1cn(C2CCCCCCC2(CC)CC)c(=O)n1Cc1ccc(-c2ccccc2-c2nn[nH]n2)cn1. The van der Waals surface area contributed by atoms with Crippen molar-refractivity contribution < 1.29 is 0 Å². The number of imidazole rings is 1. The van der Waals surface area contributed by atoms with E-state index in [9.17, 15) is 4.79 Å². The lowest BCUT2D eigenvalue weighted by Gasteiger charge is -2.41. The topological polar surface area (TPSA) is 94.3 Å². The number of aromatic amines is 1. The summed E-state index contributed by atoms with van der Waals surface area (Å²) in [5.74, 6) is 0.553. The molecule has 5 rings (SSSR count). The summed E-state index contributed by atoms with van der Waals surface area (Å²) in [6, 6.07) is 12.4. The smallest absolute Gasteiger partial charge is 0.295 e. The number of nitrogens with one attached hydrogen (secondary N) is 1. The van der Waals surface area contributed by atoms with Crippen LogP contribution < -0.4 is 5.69 Å². The Morgan fingerprint density at radius 1 is 1.00 bits per heavy atom. The molecular weight excluding hydrogens is 498 g/mol. The lowest BCUT2D eigenvalue weighted by molar-refractivity contribution is 0.106. The van der Waals surface area contributed by atoms with Crippen molar-refractivity contribution in [2.45, 2.75) is 104 Å². The van der Waals surface area contributed by atoms with Crippen molar-refractivity contribution in [1.29, 1.82) is 0 Å². The third-order valence-electron chi connectivity index (χ3n) is 9.20. The molecule has 3 heterocycles. The zero-order valence-corrected chi connectivity index (χ0v) is 24.3. The molecule has 8 heteroatoms. The Hall–Kier alpha value is -3.55. The fourth-order valence-corrected chi connectivity index (χ4v) is 6.69. The molecule has 212 valence electrons. The van der Waals surface area contributed by atoms with E-state index in [0.29, 0.717) is 12.4 Å². The minimum Gasteiger partial charge on any atom is -0.295 e. The van der Waals surface area contributed by atoms with Gasteiger partial charge in [-0.05, 0) is 60.8 Å². The Balaban J connectivity index is 1.47. The summed E-state index contributed by atoms with van der Waals surface area (Å²) in [5, 5.41) is 14.6. The molecule has 8 nitrogen and oxygen atoms in total. The summed E-state index contributed by atoms with van der Waals surface area (Å²) in [4.78, 5) is 18.9. The second kappa shape index (κ2) is 12.7. The summed E-state index contributed by atoms with van der Waals surface area (Å²) in [7, 11) is 0. The average Bonchev–Trinajstić information content (AvgIpc) is 3.62. The highest BCUT2D eigenvalue weighted by Crippen LogP contribution is 2.47. The number of aromatic nitrogens is 7. The van der Waals surface area contributed by atoms with Gasteiger partial charge in [-0.1, -0.05) is 83.2 Å². The van der Waals surface area contributed by atoms with Crippen molar-refractivity contribution in [2.75, 3.05) is 0 Å². The standard InChI is InChI=1S/C32H43N7O/c1-4-7-14-26-23-39(29-17-10-8-9-13-20-32(29,5-2)6-3)31(40)38(26)22-25-19-18-24(21-33-25)27-15-11-12-16-28(27)30-34-36-37-35-30/h11-12,15-16,18-19,21,23,29H,4-10,13-14,17,20,22H2,1-3H3,(H,34,35,36,37). The van der Waals surface area contributed by atoms with E-state index in [-0.39, 0.29) is 17.1 Å².